The number of hydrogen-bond donors (Lipinski definition) is 3. The fourth-order valence-corrected chi connectivity index (χ4v) is 1.48. The number of nitrogens with one attached hydrogen (secondary N) is 1. The number of carboxylic acids is 1. The summed E-state index contributed by atoms with van der Waals surface area (Å²) in [6.45, 7) is 5.37. The van der Waals surface area contributed by atoms with Gasteiger partial charge in [-0.3, -0.25) is 9.59 Å². The molecule has 0 heterocycles. The standard InChI is InChI=1S/C11H21N3O4/c1-7(2)5-14(6-10(16)17)11(18)13-8(3)4-9(12)15/h7-8H,4-6H2,1-3H3,(H2,12,15)(H,13,18)(H,16,17). The van der Waals surface area contributed by atoms with Crippen LogP contribution in [0.1, 0.15) is 27.2 Å². The molecule has 4 N–H and O–H groups in total. The lowest BCUT2D eigenvalue weighted by atomic mass is 10.2. The van der Waals surface area contributed by atoms with Crippen LogP contribution in [0.15, 0.2) is 0 Å². The Hall–Kier alpha value is -1.79. The van der Waals surface area contributed by atoms with Crippen LogP contribution in [0, 0.1) is 5.92 Å². The smallest absolute Gasteiger partial charge is 0.323 e. The van der Waals surface area contributed by atoms with Crippen LogP contribution in [0.2, 0.25) is 0 Å². The molecule has 7 nitrogen and oxygen atoms in total. The highest BCUT2D eigenvalue weighted by molar-refractivity contribution is 5.81. The van der Waals surface area contributed by atoms with Gasteiger partial charge in [-0.25, -0.2) is 4.79 Å². The summed E-state index contributed by atoms with van der Waals surface area (Å²) in [7, 11) is 0. The zero-order valence-corrected chi connectivity index (χ0v) is 11.0. The van der Waals surface area contributed by atoms with E-state index in [0.29, 0.717) is 6.54 Å². The van der Waals surface area contributed by atoms with E-state index in [9.17, 15) is 14.4 Å². The van der Waals surface area contributed by atoms with Crippen LogP contribution in [0.25, 0.3) is 0 Å². The Bertz CT molecular complexity index is 317. The molecule has 1 atom stereocenters. The maximum Gasteiger partial charge on any atom is 0.323 e. The third kappa shape index (κ3) is 7.48. The minimum absolute atomic E-state index is 0.0222. The summed E-state index contributed by atoms with van der Waals surface area (Å²) in [6.07, 6.45) is 0.0222. The number of carbonyl (C=O) groups is 3. The molecular formula is C11H21N3O4. The summed E-state index contributed by atoms with van der Waals surface area (Å²) in [5.41, 5.74) is 5.01. The van der Waals surface area contributed by atoms with Crippen molar-refractivity contribution in [3.05, 3.63) is 0 Å². The quantitative estimate of drug-likeness (QED) is 0.597. The van der Waals surface area contributed by atoms with Crippen LogP contribution in [0.5, 0.6) is 0 Å². The zero-order chi connectivity index (χ0) is 14.3. The first-order valence-corrected chi connectivity index (χ1v) is 5.78. The van der Waals surface area contributed by atoms with Crippen molar-refractivity contribution in [1.82, 2.24) is 10.2 Å². The molecule has 0 bridgehead atoms. The second-order valence-corrected chi connectivity index (χ2v) is 4.69. The first-order chi connectivity index (χ1) is 8.22. The number of hydrogen-bond acceptors (Lipinski definition) is 3. The van der Waals surface area contributed by atoms with Crippen molar-refractivity contribution in [2.75, 3.05) is 13.1 Å². The maximum atomic E-state index is 11.8. The third-order valence-electron chi connectivity index (χ3n) is 2.08. The summed E-state index contributed by atoms with van der Waals surface area (Å²) in [4.78, 5) is 34.3. The third-order valence-corrected chi connectivity index (χ3v) is 2.08. The van der Waals surface area contributed by atoms with Crippen LogP contribution < -0.4 is 11.1 Å². The number of nitrogens with zero attached hydrogens (tertiary/aromatic N) is 1. The Morgan fingerprint density at radius 1 is 1.28 bits per heavy atom. The predicted octanol–water partition coefficient (Wildman–Crippen LogP) is 0.00250. The largest absolute Gasteiger partial charge is 0.480 e. The minimum atomic E-state index is -1.08. The fraction of sp³-hybridized carbons (Fsp3) is 0.727. The summed E-state index contributed by atoms with van der Waals surface area (Å²) < 4.78 is 0. The first-order valence-electron chi connectivity index (χ1n) is 5.78. The molecule has 18 heavy (non-hydrogen) atoms. The van der Waals surface area contributed by atoms with Crippen LogP contribution in [-0.4, -0.2) is 47.0 Å². The predicted molar refractivity (Wildman–Crippen MR) is 65.9 cm³/mol. The average Bonchev–Trinajstić information content (AvgIpc) is 2.13. The van der Waals surface area contributed by atoms with E-state index in [4.69, 9.17) is 10.8 Å². The van der Waals surface area contributed by atoms with Crippen molar-refractivity contribution in [3.63, 3.8) is 0 Å². The topological polar surface area (TPSA) is 113 Å². The van der Waals surface area contributed by atoms with Gasteiger partial charge in [-0.1, -0.05) is 13.8 Å². The molecule has 1 unspecified atom stereocenters. The zero-order valence-electron chi connectivity index (χ0n) is 11.0. The number of carbonyl (C=O) groups excluding carboxylic acids is 2. The van der Waals surface area contributed by atoms with Crippen LogP contribution >= 0.6 is 0 Å². The van der Waals surface area contributed by atoms with E-state index in [0.717, 1.165) is 0 Å². The van der Waals surface area contributed by atoms with Crippen LogP contribution in [-0.2, 0) is 9.59 Å². The highest BCUT2D eigenvalue weighted by Crippen LogP contribution is 2.00. The molecule has 3 amide bonds. The number of nitrogens with two attached hydrogens (primary N) is 1. The van der Waals surface area contributed by atoms with E-state index >= 15 is 0 Å². The molecule has 0 saturated carbocycles. The summed E-state index contributed by atoms with van der Waals surface area (Å²) in [5, 5.41) is 11.3. The summed E-state index contributed by atoms with van der Waals surface area (Å²) in [5.74, 6) is -1.44. The van der Waals surface area contributed by atoms with Gasteiger partial charge in [0.05, 0.1) is 0 Å². The van der Waals surface area contributed by atoms with Crippen molar-refractivity contribution < 1.29 is 19.5 Å². The van der Waals surface area contributed by atoms with Crippen molar-refractivity contribution in [3.8, 4) is 0 Å². The van der Waals surface area contributed by atoms with Crippen molar-refractivity contribution in [2.24, 2.45) is 11.7 Å². The molecular weight excluding hydrogens is 238 g/mol. The Morgan fingerprint density at radius 3 is 2.22 bits per heavy atom. The van der Waals surface area contributed by atoms with E-state index in [2.05, 4.69) is 5.32 Å². The van der Waals surface area contributed by atoms with Crippen LogP contribution in [0.3, 0.4) is 0 Å². The number of urea groups is 1. The Kier molecular flexibility index (Phi) is 6.77. The SMILES string of the molecule is CC(C)CN(CC(=O)O)C(=O)NC(C)CC(N)=O. The molecule has 0 aliphatic carbocycles. The number of carboxylic acid groups (broad SMARTS) is 1. The molecule has 0 aliphatic heterocycles. The maximum absolute atomic E-state index is 11.8. The number of amides is 3. The van der Waals surface area contributed by atoms with Gasteiger partial charge in [-0.2, -0.15) is 0 Å². The molecule has 7 heteroatoms. The molecule has 0 aromatic carbocycles. The van der Waals surface area contributed by atoms with Gasteiger partial charge < -0.3 is 21.1 Å². The molecule has 104 valence electrons. The number of rotatable bonds is 7. The average molecular weight is 259 g/mol. The van der Waals surface area contributed by atoms with Gasteiger partial charge in [-0.15, -0.1) is 0 Å². The van der Waals surface area contributed by atoms with Gasteiger partial charge in [-0.05, 0) is 12.8 Å². The van der Waals surface area contributed by atoms with Gasteiger partial charge in [0.15, 0.2) is 0 Å². The van der Waals surface area contributed by atoms with E-state index < -0.39 is 23.9 Å². The highest BCUT2D eigenvalue weighted by atomic mass is 16.4. The van der Waals surface area contributed by atoms with Gasteiger partial charge in [0.2, 0.25) is 5.91 Å². The van der Waals surface area contributed by atoms with Gasteiger partial charge in [0.25, 0.3) is 0 Å². The molecule has 0 spiro atoms. The molecule has 0 aromatic heterocycles. The second kappa shape index (κ2) is 7.52. The molecule has 0 saturated heterocycles. The summed E-state index contributed by atoms with van der Waals surface area (Å²) >= 11 is 0. The summed E-state index contributed by atoms with van der Waals surface area (Å²) in [6, 6.07) is -0.918. The lowest BCUT2D eigenvalue weighted by Crippen LogP contribution is -2.48. The van der Waals surface area contributed by atoms with Crippen molar-refractivity contribution >= 4 is 17.9 Å². The normalized spacial score (nSPS) is 12.0. The van der Waals surface area contributed by atoms with E-state index in [1.54, 1.807) is 6.92 Å². The number of aliphatic carboxylic acids is 1. The van der Waals surface area contributed by atoms with Crippen LogP contribution in [0.4, 0.5) is 4.79 Å². The molecule has 0 aliphatic rings. The van der Waals surface area contributed by atoms with Gasteiger partial charge in [0, 0.05) is 19.0 Å². The number of primary amides is 1. The van der Waals surface area contributed by atoms with Gasteiger partial charge in [0.1, 0.15) is 6.54 Å². The van der Waals surface area contributed by atoms with Gasteiger partial charge >= 0.3 is 12.0 Å². The first kappa shape index (κ1) is 16.2. The fourth-order valence-electron chi connectivity index (χ4n) is 1.48. The van der Waals surface area contributed by atoms with E-state index in [-0.39, 0.29) is 18.9 Å². The minimum Gasteiger partial charge on any atom is -0.480 e. The second-order valence-electron chi connectivity index (χ2n) is 4.69. The molecule has 0 radical (unpaired) electrons. The Balaban J connectivity index is 4.45. The Labute approximate surface area is 106 Å². The van der Waals surface area contributed by atoms with E-state index in [1.807, 2.05) is 13.8 Å². The lowest BCUT2D eigenvalue weighted by molar-refractivity contribution is -0.137. The lowest BCUT2D eigenvalue weighted by Gasteiger charge is -2.24. The molecule has 0 rings (SSSR count). The monoisotopic (exact) mass is 259 g/mol. The highest BCUT2D eigenvalue weighted by Gasteiger charge is 2.19. The van der Waals surface area contributed by atoms with Crippen molar-refractivity contribution in [2.45, 2.75) is 33.2 Å². The molecule has 0 fully saturated rings. The molecule has 0 aromatic rings. The van der Waals surface area contributed by atoms with E-state index in [1.165, 1.54) is 4.90 Å². The Morgan fingerprint density at radius 2 is 1.83 bits per heavy atom. The van der Waals surface area contributed by atoms with Crippen molar-refractivity contribution in [1.29, 1.82) is 0 Å².